The molecular weight excluding hydrogens is 324 g/mol. The molecule has 2 atom stereocenters. The maximum atomic E-state index is 13.6. The zero-order valence-corrected chi connectivity index (χ0v) is 16.4. The Morgan fingerprint density at radius 1 is 1.15 bits per heavy atom. The molecule has 140 valence electrons. The lowest BCUT2D eigenvalue weighted by Gasteiger charge is -2.52. The number of aliphatic hydroxyl groups excluding tert-OH is 1. The number of rotatable bonds is 4. The van der Waals surface area contributed by atoms with E-state index < -0.39 is 0 Å². The molecule has 1 aromatic rings. The van der Waals surface area contributed by atoms with Gasteiger partial charge < -0.3 is 9.84 Å². The van der Waals surface area contributed by atoms with Gasteiger partial charge in [0.05, 0.1) is 17.1 Å². The molecule has 3 fully saturated rings. The lowest BCUT2D eigenvalue weighted by Crippen LogP contribution is -2.55. The first-order valence-corrected chi connectivity index (χ1v) is 10.1. The quantitative estimate of drug-likeness (QED) is 0.845. The van der Waals surface area contributed by atoms with E-state index >= 15 is 0 Å². The fraction of sp³-hybridized carbons (Fsp3) is 0.609. The van der Waals surface area contributed by atoms with Gasteiger partial charge in [-0.1, -0.05) is 31.5 Å². The van der Waals surface area contributed by atoms with Crippen molar-refractivity contribution >= 4 is 11.4 Å². The topological polar surface area (TPSA) is 46.5 Å². The highest BCUT2D eigenvalue weighted by Crippen LogP contribution is 2.60. The van der Waals surface area contributed by atoms with E-state index in [1.165, 1.54) is 16.7 Å². The number of fused-ring (bicyclic) bond motifs is 2. The third-order valence-electron chi connectivity index (χ3n) is 7.28. The monoisotopic (exact) mass is 354 g/mol. The van der Waals surface area contributed by atoms with Gasteiger partial charge in [0.2, 0.25) is 0 Å². The second-order valence-electron chi connectivity index (χ2n) is 8.40. The van der Waals surface area contributed by atoms with Crippen LogP contribution in [-0.2, 0) is 22.4 Å². The first-order chi connectivity index (χ1) is 12.5. The number of aryl methyl sites for hydroxylation is 3. The summed E-state index contributed by atoms with van der Waals surface area (Å²) in [5, 5.41) is 11.3. The summed E-state index contributed by atoms with van der Waals surface area (Å²) in [5.41, 5.74) is 4.80. The van der Waals surface area contributed by atoms with Crippen molar-refractivity contribution in [2.24, 2.45) is 17.8 Å². The van der Waals surface area contributed by atoms with Crippen molar-refractivity contribution < 1.29 is 14.6 Å². The minimum absolute atomic E-state index is 0.0457. The van der Waals surface area contributed by atoms with Gasteiger partial charge in [0.1, 0.15) is 5.76 Å². The van der Waals surface area contributed by atoms with E-state index in [2.05, 4.69) is 32.9 Å². The molecule has 1 aromatic carbocycles. The lowest BCUT2D eigenvalue weighted by atomic mass is 9.56. The summed E-state index contributed by atoms with van der Waals surface area (Å²) >= 11 is 0. The van der Waals surface area contributed by atoms with Gasteiger partial charge in [-0.15, -0.1) is 0 Å². The van der Waals surface area contributed by atoms with Crippen molar-refractivity contribution in [1.82, 2.24) is 0 Å². The number of benzene rings is 1. The first kappa shape index (κ1) is 17.8. The third kappa shape index (κ3) is 2.26. The van der Waals surface area contributed by atoms with Crippen LogP contribution in [0.15, 0.2) is 17.9 Å². The van der Waals surface area contributed by atoms with Crippen molar-refractivity contribution in [3.05, 3.63) is 40.1 Å². The summed E-state index contributed by atoms with van der Waals surface area (Å²) in [4.78, 5) is 13.6. The predicted molar refractivity (Wildman–Crippen MR) is 103 cm³/mol. The molecule has 3 saturated carbocycles. The van der Waals surface area contributed by atoms with Gasteiger partial charge in [-0.3, -0.25) is 4.79 Å². The molecule has 1 N–H and O–H groups in total. The normalized spacial score (nSPS) is 33.1. The summed E-state index contributed by atoms with van der Waals surface area (Å²) in [6.07, 6.45) is 5.71. The summed E-state index contributed by atoms with van der Waals surface area (Å²) in [6.45, 7) is 6.36. The van der Waals surface area contributed by atoms with Crippen molar-refractivity contribution in [3.63, 3.8) is 0 Å². The summed E-state index contributed by atoms with van der Waals surface area (Å²) < 4.78 is 5.96. The van der Waals surface area contributed by atoms with Gasteiger partial charge in [0, 0.05) is 13.0 Å². The highest BCUT2D eigenvalue weighted by molar-refractivity contribution is 6.26. The molecule has 4 aliphatic carbocycles. The van der Waals surface area contributed by atoms with E-state index in [0.29, 0.717) is 17.3 Å². The molecule has 0 aromatic heterocycles. The largest absolute Gasteiger partial charge is 0.511 e. The van der Waals surface area contributed by atoms with Gasteiger partial charge in [-0.05, 0) is 68.1 Å². The molecule has 0 aliphatic heterocycles. The zero-order valence-electron chi connectivity index (χ0n) is 16.4. The highest BCUT2D eigenvalue weighted by Gasteiger charge is 2.62. The Morgan fingerprint density at radius 3 is 2.23 bits per heavy atom. The third-order valence-corrected chi connectivity index (χ3v) is 7.28. The van der Waals surface area contributed by atoms with Gasteiger partial charge >= 0.3 is 0 Å². The molecule has 3 nitrogen and oxygen atoms in total. The Morgan fingerprint density at radius 2 is 1.73 bits per heavy atom. The number of methoxy groups -OCH3 is 1. The van der Waals surface area contributed by atoms with Gasteiger partial charge in [0.15, 0.2) is 5.78 Å². The van der Waals surface area contributed by atoms with Crippen molar-refractivity contribution in [2.75, 3.05) is 7.11 Å². The van der Waals surface area contributed by atoms with Crippen molar-refractivity contribution in [3.8, 4) is 0 Å². The van der Waals surface area contributed by atoms with Crippen molar-refractivity contribution in [2.45, 2.75) is 64.9 Å². The fourth-order valence-corrected chi connectivity index (χ4v) is 6.03. The SMILES string of the molecule is CCc1cc(C)cc(CC)c1C1=C(O)[C@H]2C3CCC(OC)(CC3)[C@H]2C1=O. The van der Waals surface area contributed by atoms with E-state index in [-0.39, 0.29) is 23.2 Å². The van der Waals surface area contributed by atoms with Crippen LogP contribution in [0.1, 0.15) is 61.8 Å². The molecule has 4 aliphatic rings. The Hall–Kier alpha value is -1.61. The highest BCUT2D eigenvalue weighted by atomic mass is 16.5. The van der Waals surface area contributed by atoms with Crippen LogP contribution in [0.5, 0.6) is 0 Å². The van der Waals surface area contributed by atoms with Gasteiger partial charge in [0.25, 0.3) is 0 Å². The molecule has 0 saturated heterocycles. The Labute approximate surface area is 156 Å². The van der Waals surface area contributed by atoms with Crippen LogP contribution in [0.3, 0.4) is 0 Å². The molecule has 3 heteroatoms. The first-order valence-electron chi connectivity index (χ1n) is 10.1. The standard InChI is InChI=1S/C23H30O3/c1-5-14-11-13(3)12-15(6-2)17(14)19-21(24)18-16-7-9-23(26-4,10-8-16)20(18)22(19)25/h11-12,16,18,20,24H,5-10H2,1-4H3/t16?,18-,20+,23?/m0/s1. The molecule has 0 radical (unpaired) electrons. The molecule has 26 heavy (non-hydrogen) atoms. The summed E-state index contributed by atoms with van der Waals surface area (Å²) in [6, 6.07) is 4.34. The van der Waals surface area contributed by atoms with Gasteiger partial charge in [-0.2, -0.15) is 0 Å². The average Bonchev–Trinajstić information content (AvgIpc) is 2.95. The van der Waals surface area contributed by atoms with E-state index in [4.69, 9.17) is 4.74 Å². The molecular formula is C23H30O3. The van der Waals surface area contributed by atoms with Crippen LogP contribution in [0.4, 0.5) is 0 Å². The predicted octanol–water partition coefficient (Wildman–Crippen LogP) is 4.79. The van der Waals surface area contributed by atoms with Crippen LogP contribution in [0, 0.1) is 24.7 Å². The minimum atomic E-state index is -0.379. The second kappa shape index (κ2) is 6.23. The second-order valence-corrected chi connectivity index (χ2v) is 8.40. The Bertz CT molecular complexity index is 756. The van der Waals surface area contributed by atoms with E-state index in [1.54, 1.807) is 7.11 Å². The van der Waals surface area contributed by atoms with Crippen LogP contribution in [-0.4, -0.2) is 23.6 Å². The Balaban J connectivity index is 1.90. The van der Waals surface area contributed by atoms with Crippen LogP contribution >= 0.6 is 0 Å². The molecule has 2 bridgehead atoms. The molecule has 0 amide bonds. The molecule has 0 heterocycles. The maximum absolute atomic E-state index is 13.6. The van der Waals surface area contributed by atoms with Crippen molar-refractivity contribution in [1.29, 1.82) is 0 Å². The minimum Gasteiger partial charge on any atom is -0.511 e. The van der Waals surface area contributed by atoms with Gasteiger partial charge in [-0.25, -0.2) is 0 Å². The average molecular weight is 354 g/mol. The number of Topliss-reactive ketones (excluding diaryl/α,β-unsaturated/α-hetero) is 1. The van der Waals surface area contributed by atoms with E-state index in [0.717, 1.165) is 44.1 Å². The summed E-state index contributed by atoms with van der Waals surface area (Å²) in [7, 11) is 1.74. The van der Waals surface area contributed by atoms with Crippen LogP contribution in [0.25, 0.3) is 5.57 Å². The smallest absolute Gasteiger partial charge is 0.173 e. The number of carbonyl (C=O) groups is 1. The number of carbonyl (C=O) groups excluding carboxylic acids is 1. The Kier molecular flexibility index (Phi) is 4.26. The zero-order chi connectivity index (χ0) is 18.6. The number of aliphatic hydroxyl groups is 1. The molecule has 0 spiro atoms. The lowest BCUT2D eigenvalue weighted by molar-refractivity contribution is -0.162. The molecule has 5 rings (SSSR count). The van der Waals surface area contributed by atoms with Crippen LogP contribution < -0.4 is 0 Å². The number of hydrogen-bond acceptors (Lipinski definition) is 3. The molecule has 0 unspecified atom stereocenters. The number of ketones is 1. The van der Waals surface area contributed by atoms with E-state index in [9.17, 15) is 9.90 Å². The number of allylic oxidation sites excluding steroid dienone is 2. The fourth-order valence-electron chi connectivity index (χ4n) is 6.03. The number of ether oxygens (including phenoxy) is 1. The number of hydrogen-bond donors (Lipinski definition) is 1. The van der Waals surface area contributed by atoms with E-state index in [1.807, 2.05) is 0 Å². The van der Waals surface area contributed by atoms with Crippen LogP contribution in [0.2, 0.25) is 0 Å². The summed E-state index contributed by atoms with van der Waals surface area (Å²) in [5.74, 6) is 0.631. The maximum Gasteiger partial charge on any atom is 0.173 e.